The van der Waals surface area contributed by atoms with Crippen LogP contribution in [0.5, 0.6) is 5.75 Å². The Labute approximate surface area is 150 Å². The second kappa shape index (κ2) is 8.99. The lowest BCUT2D eigenvalue weighted by atomic mass is 10.1. The molecule has 0 aromatic heterocycles. The first kappa shape index (κ1) is 18.7. The maximum Gasteiger partial charge on any atom is 0.334 e. The van der Waals surface area contributed by atoms with Crippen molar-refractivity contribution in [2.24, 2.45) is 0 Å². The third-order valence-corrected chi connectivity index (χ3v) is 3.49. The summed E-state index contributed by atoms with van der Waals surface area (Å²) in [6.07, 6.45) is 1.19. The number of benzene rings is 2. The number of ether oxygens (including phenoxy) is 2. The van der Waals surface area contributed by atoms with Gasteiger partial charge >= 0.3 is 5.97 Å². The lowest BCUT2D eigenvalue weighted by Gasteiger charge is -2.10. The van der Waals surface area contributed by atoms with Crippen LogP contribution in [0, 0.1) is 21.4 Å². The molecule has 0 fully saturated rings. The van der Waals surface area contributed by atoms with Gasteiger partial charge in [0.2, 0.25) is 0 Å². The molecule has 7 nitrogen and oxygen atoms in total. The molecule has 0 aliphatic carbocycles. The minimum absolute atomic E-state index is 0.0834. The van der Waals surface area contributed by atoms with Crippen molar-refractivity contribution in [1.29, 1.82) is 5.26 Å². The summed E-state index contributed by atoms with van der Waals surface area (Å²) in [6, 6.07) is 15.4. The van der Waals surface area contributed by atoms with Gasteiger partial charge in [-0.25, -0.2) is 4.79 Å². The monoisotopic (exact) mass is 352 g/mol. The lowest BCUT2D eigenvalue weighted by molar-refractivity contribution is -0.384. The van der Waals surface area contributed by atoms with E-state index in [-0.39, 0.29) is 24.3 Å². The number of carbonyl (C=O) groups is 1. The Morgan fingerprint density at radius 3 is 2.62 bits per heavy atom. The summed E-state index contributed by atoms with van der Waals surface area (Å²) >= 11 is 0. The molecule has 0 aliphatic rings. The number of esters is 1. The van der Waals surface area contributed by atoms with Crippen molar-refractivity contribution in [2.75, 3.05) is 7.11 Å². The van der Waals surface area contributed by atoms with E-state index in [2.05, 4.69) is 4.74 Å². The molecule has 0 atom stereocenters. The topological polar surface area (TPSA) is 102 Å². The molecule has 132 valence electrons. The molecule has 0 spiro atoms. The molecule has 0 unspecified atom stereocenters. The number of nitro benzene ring substituents is 1. The number of carbonyl (C=O) groups excluding carboxylic acids is 1. The van der Waals surface area contributed by atoms with E-state index < -0.39 is 10.9 Å². The highest BCUT2D eigenvalue weighted by Gasteiger charge is 2.15. The standard InChI is InChI=1S/C19H16N2O5/c1-25-19(22)15(9-10-20)11-16-12-17(21(23)24)7-8-18(16)26-13-14-5-3-2-4-6-14/h2-8,11-12H,9,13H2,1H3/b15-11+. The summed E-state index contributed by atoms with van der Waals surface area (Å²) < 4.78 is 10.4. The molecule has 0 heterocycles. The lowest BCUT2D eigenvalue weighted by Crippen LogP contribution is -2.05. The van der Waals surface area contributed by atoms with E-state index in [1.54, 1.807) is 0 Å². The zero-order chi connectivity index (χ0) is 18.9. The van der Waals surface area contributed by atoms with E-state index in [0.29, 0.717) is 11.3 Å². The fraction of sp³-hybridized carbons (Fsp3) is 0.158. The van der Waals surface area contributed by atoms with Crippen molar-refractivity contribution in [3.63, 3.8) is 0 Å². The number of nitro groups is 1. The van der Waals surface area contributed by atoms with Crippen molar-refractivity contribution in [3.8, 4) is 11.8 Å². The fourth-order valence-corrected chi connectivity index (χ4v) is 2.22. The van der Waals surface area contributed by atoms with Crippen LogP contribution in [0.25, 0.3) is 6.08 Å². The first-order valence-electron chi connectivity index (χ1n) is 7.66. The van der Waals surface area contributed by atoms with E-state index in [9.17, 15) is 14.9 Å². The zero-order valence-electron chi connectivity index (χ0n) is 14.0. The number of methoxy groups -OCH3 is 1. The Kier molecular flexibility index (Phi) is 6.46. The van der Waals surface area contributed by atoms with Crippen LogP contribution in [-0.4, -0.2) is 18.0 Å². The predicted octanol–water partition coefficient (Wildman–Crippen LogP) is 3.64. The molecule has 26 heavy (non-hydrogen) atoms. The van der Waals surface area contributed by atoms with Crippen molar-refractivity contribution in [1.82, 2.24) is 0 Å². The van der Waals surface area contributed by atoms with Crippen LogP contribution in [0.2, 0.25) is 0 Å². The second-order valence-electron chi connectivity index (χ2n) is 5.25. The summed E-state index contributed by atoms with van der Waals surface area (Å²) in [6.45, 7) is 0.255. The molecule has 2 aromatic rings. The van der Waals surface area contributed by atoms with E-state index in [1.165, 1.54) is 31.4 Å². The number of nitriles is 1. The molecule has 2 rings (SSSR count). The molecule has 0 saturated heterocycles. The van der Waals surface area contributed by atoms with E-state index >= 15 is 0 Å². The summed E-state index contributed by atoms with van der Waals surface area (Å²) in [7, 11) is 1.20. The largest absolute Gasteiger partial charge is 0.488 e. The smallest absolute Gasteiger partial charge is 0.334 e. The Morgan fingerprint density at radius 1 is 1.27 bits per heavy atom. The Hall–Kier alpha value is -3.66. The van der Waals surface area contributed by atoms with Crippen LogP contribution >= 0.6 is 0 Å². The molecule has 0 aliphatic heterocycles. The average molecular weight is 352 g/mol. The highest BCUT2D eigenvalue weighted by Crippen LogP contribution is 2.28. The molecule has 0 N–H and O–H groups in total. The van der Waals surface area contributed by atoms with Gasteiger partial charge in [0.25, 0.3) is 5.69 Å². The van der Waals surface area contributed by atoms with Gasteiger partial charge in [-0.3, -0.25) is 10.1 Å². The van der Waals surface area contributed by atoms with Gasteiger partial charge < -0.3 is 9.47 Å². The normalized spacial score (nSPS) is 10.7. The first-order valence-corrected chi connectivity index (χ1v) is 7.66. The summed E-state index contributed by atoms with van der Waals surface area (Å²) in [5, 5.41) is 19.9. The maximum atomic E-state index is 11.8. The Morgan fingerprint density at radius 2 is 2.00 bits per heavy atom. The second-order valence-corrected chi connectivity index (χ2v) is 5.25. The third kappa shape index (κ3) is 4.92. The third-order valence-electron chi connectivity index (χ3n) is 3.49. The van der Waals surface area contributed by atoms with E-state index in [4.69, 9.17) is 10.00 Å². The van der Waals surface area contributed by atoms with Gasteiger partial charge in [0.15, 0.2) is 0 Å². The zero-order valence-corrected chi connectivity index (χ0v) is 14.0. The molecular weight excluding hydrogens is 336 g/mol. The minimum atomic E-state index is -0.674. The van der Waals surface area contributed by atoms with E-state index in [1.807, 2.05) is 36.4 Å². The van der Waals surface area contributed by atoms with Crippen LogP contribution in [0.3, 0.4) is 0 Å². The van der Waals surface area contributed by atoms with Gasteiger partial charge in [0.1, 0.15) is 12.4 Å². The number of rotatable bonds is 7. The molecule has 0 bridgehead atoms. The van der Waals surface area contributed by atoms with Crippen LogP contribution in [0.15, 0.2) is 54.1 Å². The van der Waals surface area contributed by atoms with Crippen LogP contribution < -0.4 is 4.74 Å². The number of hydrogen-bond acceptors (Lipinski definition) is 6. The molecule has 2 aromatic carbocycles. The van der Waals surface area contributed by atoms with Crippen molar-refractivity contribution in [3.05, 3.63) is 75.3 Å². The van der Waals surface area contributed by atoms with Gasteiger partial charge in [0.05, 0.1) is 30.1 Å². The molecular formula is C19H16N2O5. The van der Waals surface area contributed by atoms with Gasteiger partial charge in [-0.15, -0.1) is 0 Å². The molecule has 7 heteroatoms. The van der Waals surface area contributed by atoms with Crippen LogP contribution in [0.1, 0.15) is 17.5 Å². The average Bonchev–Trinajstić information content (AvgIpc) is 2.66. The highest BCUT2D eigenvalue weighted by molar-refractivity contribution is 5.94. The fourth-order valence-electron chi connectivity index (χ4n) is 2.22. The molecule has 0 radical (unpaired) electrons. The molecule has 0 amide bonds. The quantitative estimate of drug-likeness (QED) is 0.326. The van der Waals surface area contributed by atoms with Crippen LogP contribution in [0.4, 0.5) is 5.69 Å². The van der Waals surface area contributed by atoms with Gasteiger partial charge in [-0.2, -0.15) is 5.26 Å². The predicted molar refractivity (Wildman–Crippen MR) is 94.1 cm³/mol. The van der Waals surface area contributed by atoms with Crippen molar-refractivity contribution >= 4 is 17.7 Å². The number of hydrogen-bond donors (Lipinski definition) is 0. The summed E-state index contributed by atoms with van der Waals surface area (Å²) in [5.41, 5.74) is 1.18. The van der Waals surface area contributed by atoms with Gasteiger partial charge in [-0.05, 0) is 17.7 Å². The summed E-state index contributed by atoms with van der Waals surface area (Å²) in [5.74, 6) is -0.314. The Bertz CT molecular complexity index is 869. The highest BCUT2D eigenvalue weighted by atomic mass is 16.6. The SMILES string of the molecule is COC(=O)/C(=C/c1cc([N+](=O)[O-])ccc1OCc1ccccc1)CC#N. The van der Waals surface area contributed by atoms with Gasteiger partial charge in [-0.1, -0.05) is 30.3 Å². The number of non-ortho nitro benzene ring substituents is 1. The van der Waals surface area contributed by atoms with Crippen LogP contribution in [-0.2, 0) is 16.1 Å². The molecule has 0 saturated carbocycles. The Balaban J connectivity index is 2.39. The van der Waals surface area contributed by atoms with Crippen molar-refractivity contribution in [2.45, 2.75) is 13.0 Å². The first-order chi connectivity index (χ1) is 12.5. The number of nitrogens with zero attached hydrogens (tertiary/aromatic N) is 2. The minimum Gasteiger partial charge on any atom is -0.488 e. The maximum absolute atomic E-state index is 11.8. The summed E-state index contributed by atoms with van der Waals surface area (Å²) in [4.78, 5) is 22.3. The van der Waals surface area contributed by atoms with E-state index in [0.717, 1.165) is 5.56 Å². The van der Waals surface area contributed by atoms with Crippen molar-refractivity contribution < 1.29 is 19.2 Å². The van der Waals surface area contributed by atoms with Gasteiger partial charge in [0, 0.05) is 17.7 Å².